The standard InChI is InChI=1S/2C21H26ClNO3.2ClH.H2O/c2*1-4-26-20(18-6-5-7-19(22)13-18)14-23-15(2)12-16-8-10-17(11-9-16)21(24)25-3;;;/h2*5-11,13,15,20,23H,4,12,14H2,1-3H3;2*1H;1H2. The minimum atomic E-state index is -0.316. The molecule has 304 valence electrons. The van der Waals surface area contributed by atoms with E-state index >= 15 is 0 Å². The predicted molar refractivity (Wildman–Crippen MR) is 228 cm³/mol. The van der Waals surface area contributed by atoms with Crippen LogP contribution in [0, 0.1) is 0 Å². The van der Waals surface area contributed by atoms with E-state index in [1.807, 2.05) is 86.6 Å². The second kappa shape index (κ2) is 28.2. The summed E-state index contributed by atoms with van der Waals surface area (Å²) in [5, 5.41) is 8.47. The molecular weight excluding hydrogens is 786 g/mol. The van der Waals surface area contributed by atoms with Gasteiger partial charge in [0.15, 0.2) is 0 Å². The highest BCUT2D eigenvalue weighted by molar-refractivity contribution is 6.30. The van der Waals surface area contributed by atoms with Crippen molar-refractivity contribution in [2.45, 2.75) is 64.8 Å². The number of carbonyl (C=O) groups is 2. The van der Waals surface area contributed by atoms with E-state index in [-0.39, 0.29) is 66.5 Å². The third kappa shape index (κ3) is 18.5. The van der Waals surface area contributed by atoms with Crippen LogP contribution in [0.2, 0.25) is 10.0 Å². The number of esters is 2. The number of hydrogen-bond donors (Lipinski definition) is 2. The molecule has 4 rings (SSSR count). The smallest absolute Gasteiger partial charge is 0.337 e. The van der Waals surface area contributed by atoms with Gasteiger partial charge in [-0.3, -0.25) is 0 Å². The first-order valence-corrected chi connectivity index (χ1v) is 18.4. The van der Waals surface area contributed by atoms with Crippen molar-refractivity contribution in [1.82, 2.24) is 10.6 Å². The highest BCUT2D eigenvalue weighted by Crippen LogP contribution is 2.22. The normalized spacial score (nSPS) is 12.5. The van der Waals surface area contributed by atoms with Gasteiger partial charge in [0.2, 0.25) is 0 Å². The van der Waals surface area contributed by atoms with Gasteiger partial charge >= 0.3 is 11.9 Å². The molecule has 0 aliphatic heterocycles. The maximum atomic E-state index is 11.5. The summed E-state index contributed by atoms with van der Waals surface area (Å²) in [6.07, 6.45) is 1.64. The Morgan fingerprint density at radius 3 is 1.24 bits per heavy atom. The molecule has 0 saturated carbocycles. The molecule has 0 amide bonds. The molecule has 0 heterocycles. The zero-order chi connectivity index (χ0) is 37.9. The maximum absolute atomic E-state index is 11.5. The van der Waals surface area contributed by atoms with Gasteiger partial charge in [0.05, 0.1) is 37.6 Å². The lowest BCUT2D eigenvalue weighted by molar-refractivity contribution is 0.0591. The molecule has 0 spiro atoms. The number of halogens is 4. The summed E-state index contributed by atoms with van der Waals surface area (Å²) < 4.78 is 21.2. The third-order valence-electron chi connectivity index (χ3n) is 8.31. The molecule has 0 bridgehead atoms. The van der Waals surface area contributed by atoms with Gasteiger partial charge in [0.25, 0.3) is 0 Å². The second-order valence-electron chi connectivity index (χ2n) is 12.4. The quantitative estimate of drug-likeness (QED) is 0.0953. The lowest BCUT2D eigenvalue weighted by atomic mass is 10.0. The number of nitrogens with one attached hydrogen (secondary N) is 2. The molecule has 13 heteroatoms. The van der Waals surface area contributed by atoms with Crippen LogP contribution in [-0.2, 0) is 31.8 Å². The van der Waals surface area contributed by atoms with Crippen LogP contribution in [0.1, 0.15) is 82.9 Å². The Hall–Kier alpha value is -3.22. The first kappa shape index (κ1) is 51.8. The summed E-state index contributed by atoms with van der Waals surface area (Å²) in [5.41, 5.74) is 5.59. The van der Waals surface area contributed by atoms with Crippen LogP contribution in [-0.4, -0.2) is 70.0 Å². The lowest BCUT2D eigenvalue weighted by Crippen LogP contribution is -2.33. The minimum Gasteiger partial charge on any atom is -0.465 e. The molecule has 4 aromatic rings. The maximum Gasteiger partial charge on any atom is 0.337 e. The molecular formula is C42H56Cl4N2O7. The number of hydrogen-bond acceptors (Lipinski definition) is 8. The summed E-state index contributed by atoms with van der Waals surface area (Å²) in [7, 11) is 2.77. The largest absolute Gasteiger partial charge is 0.465 e. The van der Waals surface area contributed by atoms with E-state index in [9.17, 15) is 9.59 Å². The first-order valence-electron chi connectivity index (χ1n) is 17.6. The zero-order valence-corrected chi connectivity index (χ0v) is 35.5. The summed E-state index contributed by atoms with van der Waals surface area (Å²) >= 11 is 12.2. The van der Waals surface area contributed by atoms with Gasteiger partial charge in [-0.25, -0.2) is 9.59 Å². The van der Waals surface area contributed by atoms with Crippen LogP contribution < -0.4 is 10.6 Å². The highest BCUT2D eigenvalue weighted by atomic mass is 35.5. The van der Waals surface area contributed by atoms with E-state index in [0.717, 1.165) is 35.1 Å². The van der Waals surface area contributed by atoms with Crippen molar-refractivity contribution in [3.05, 3.63) is 140 Å². The van der Waals surface area contributed by atoms with Crippen molar-refractivity contribution in [3.63, 3.8) is 0 Å². The van der Waals surface area contributed by atoms with E-state index in [4.69, 9.17) is 42.1 Å². The molecule has 55 heavy (non-hydrogen) atoms. The van der Waals surface area contributed by atoms with Gasteiger partial charge in [-0.05, 0) is 111 Å². The van der Waals surface area contributed by atoms with Crippen molar-refractivity contribution in [2.24, 2.45) is 0 Å². The topological polar surface area (TPSA) is 127 Å². The number of ether oxygens (including phenoxy) is 4. The summed E-state index contributed by atoms with van der Waals surface area (Å²) in [5.74, 6) is -0.632. The van der Waals surface area contributed by atoms with Crippen LogP contribution in [0.15, 0.2) is 97.1 Å². The first-order chi connectivity index (χ1) is 25.1. The van der Waals surface area contributed by atoms with Gasteiger partial charge in [0.1, 0.15) is 0 Å². The van der Waals surface area contributed by atoms with Crippen molar-refractivity contribution >= 4 is 60.0 Å². The SMILES string of the molecule is CCOC(CNC(C)Cc1ccc(C(=O)OC)cc1)c1cccc(Cl)c1.CCOC(CNC(C)Cc1ccc(C(=O)OC)cc1)c1cccc(Cl)c1.Cl.Cl.O. The molecule has 0 fully saturated rings. The third-order valence-corrected chi connectivity index (χ3v) is 8.78. The van der Waals surface area contributed by atoms with Crippen LogP contribution in [0.5, 0.6) is 0 Å². The number of carbonyl (C=O) groups excluding carboxylic acids is 2. The zero-order valence-electron chi connectivity index (χ0n) is 32.3. The van der Waals surface area contributed by atoms with Crippen LogP contribution >= 0.6 is 48.0 Å². The van der Waals surface area contributed by atoms with Gasteiger partial charge < -0.3 is 35.1 Å². The van der Waals surface area contributed by atoms with Gasteiger partial charge in [-0.2, -0.15) is 0 Å². The van der Waals surface area contributed by atoms with E-state index < -0.39 is 0 Å². The molecule has 0 aromatic heterocycles. The lowest BCUT2D eigenvalue weighted by Gasteiger charge is -2.21. The summed E-state index contributed by atoms with van der Waals surface area (Å²) in [4.78, 5) is 23.0. The van der Waals surface area contributed by atoms with Crippen LogP contribution in [0.25, 0.3) is 0 Å². The van der Waals surface area contributed by atoms with Crippen molar-refractivity contribution < 1.29 is 34.0 Å². The molecule has 4 N–H and O–H groups in total. The van der Waals surface area contributed by atoms with Crippen molar-refractivity contribution in [2.75, 3.05) is 40.5 Å². The molecule has 4 unspecified atom stereocenters. The van der Waals surface area contributed by atoms with E-state index in [0.29, 0.717) is 47.5 Å². The molecule has 0 radical (unpaired) electrons. The van der Waals surface area contributed by atoms with Crippen molar-refractivity contribution in [1.29, 1.82) is 0 Å². The Bertz CT molecular complexity index is 1540. The fraction of sp³-hybridized carbons (Fsp3) is 0.381. The molecule has 9 nitrogen and oxygen atoms in total. The van der Waals surface area contributed by atoms with Gasteiger partial charge in [-0.1, -0.05) is 71.7 Å². The molecule has 0 saturated heterocycles. The Kier molecular flexibility index (Phi) is 26.6. The Balaban J connectivity index is 0.00000101. The van der Waals surface area contributed by atoms with E-state index in [2.05, 4.69) is 24.5 Å². The number of methoxy groups -OCH3 is 2. The Morgan fingerprint density at radius 1 is 0.600 bits per heavy atom. The summed E-state index contributed by atoms with van der Waals surface area (Å²) in [6.45, 7) is 10.9. The van der Waals surface area contributed by atoms with E-state index in [1.54, 1.807) is 24.3 Å². The molecule has 0 aliphatic carbocycles. The van der Waals surface area contributed by atoms with Crippen molar-refractivity contribution in [3.8, 4) is 0 Å². The van der Waals surface area contributed by atoms with E-state index in [1.165, 1.54) is 14.2 Å². The van der Waals surface area contributed by atoms with Crippen LogP contribution in [0.4, 0.5) is 0 Å². The second-order valence-corrected chi connectivity index (χ2v) is 13.3. The van der Waals surface area contributed by atoms with Gasteiger partial charge in [-0.15, -0.1) is 24.8 Å². The molecule has 4 aromatic carbocycles. The summed E-state index contributed by atoms with van der Waals surface area (Å²) in [6, 6.07) is 31.1. The monoisotopic (exact) mass is 840 g/mol. The fourth-order valence-corrected chi connectivity index (χ4v) is 6.02. The van der Waals surface area contributed by atoms with Gasteiger partial charge in [0, 0.05) is 48.4 Å². The molecule has 4 atom stereocenters. The Labute approximate surface area is 348 Å². The highest BCUT2D eigenvalue weighted by Gasteiger charge is 2.16. The predicted octanol–water partition coefficient (Wildman–Crippen LogP) is 8.87. The fourth-order valence-electron chi connectivity index (χ4n) is 5.62. The number of rotatable bonds is 18. The average Bonchev–Trinajstić information content (AvgIpc) is 3.15. The Morgan fingerprint density at radius 2 is 0.945 bits per heavy atom. The van der Waals surface area contributed by atoms with Crippen LogP contribution in [0.3, 0.4) is 0 Å². The average molecular weight is 843 g/mol. The number of benzene rings is 4. The minimum absolute atomic E-state index is 0. The molecule has 0 aliphatic rings.